The summed E-state index contributed by atoms with van der Waals surface area (Å²) in [6.07, 6.45) is 1.42. The minimum Gasteiger partial charge on any atom is -0.383 e. The van der Waals surface area contributed by atoms with Crippen molar-refractivity contribution in [1.29, 1.82) is 0 Å². The van der Waals surface area contributed by atoms with Gasteiger partial charge in [0, 0.05) is 12.7 Å². The van der Waals surface area contributed by atoms with Crippen molar-refractivity contribution in [3.63, 3.8) is 0 Å². The molecule has 0 spiro atoms. The molecule has 0 aliphatic rings. The van der Waals surface area contributed by atoms with Gasteiger partial charge in [-0.1, -0.05) is 23.7 Å². The SMILES string of the molecule is COCCn1ncc(Cl)c1C(NN)c1cccc(F)c1F. The van der Waals surface area contributed by atoms with E-state index in [0.29, 0.717) is 23.9 Å². The Labute approximate surface area is 125 Å². The van der Waals surface area contributed by atoms with Crippen LogP contribution in [-0.2, 0) is 11.3 Å². The minimum atomic E-state index is -0.976. The number of rotatable bonds is 6. The lowest BCUT2D eigenvalue weighted by molar-refractivity contribution is 0.182. The molecule has 1 aromatic carbocycles. The van der Waals surface area contributed by atoms with E-state index in [1.54, 1.807) is 11.8 Å². The molecule has 3 N–H and O–H groups in total. The van der Waals surface area contributed by atoms with Crippen LogP contribution in [0.1, 0.15) is 17.3 Å². The number of hydrogen-bond acceptors (Lipinski definition) is 4. The van der Waals surface area contributed by atoms with E-state index in [1.165, 1.54) is 18.3 Å². The van der Waals surface area contributed by atoms with Gasteiger partial charge in [-0.15, -0.1) is 0 Å². The Morgan fingerprint density at radius 1 is 1.48 bits per heavy atom. The molecule has 2 rings (SSSR count). The first-order valence-electron chi connectivity index (χ1n) is 6.20. The maximum atomic E-state index is 14.0. The fourth-order valence-electron chi connectivity index (χ4n) is 2.07. The number of benzene rings is 1. The molecule has 0 aliphatic carbocycles. The molecular formula is C13H15ClF2N4O. The average Bonchev–Trinajstić information content (AvgIpc) is 2.83. The first-order chi connectivity index (χ1) is 10.1. The Morgan fingerprint density at radius 2 is 2.24 bits per heavy atom. The van der Waals surface area contributed by atoms with Crippen LogP contribution >= 0.6 is 11.6 Å². The highest BCUT2D eigenvalue weighted by Crippen LogP contribution is 2.30. The number of ether oxygens (including phenoxy) is 1. The summed E-state index contributed by atoms with van der Waals surface area (Å²) in [5, 5.41) is 4.40. The molecule has 0 fully saturated rings. The minimum absolute atomic E-state index is 0.0542. The summed E-state index contributed by atoms with van der Waals surface area (Å²) in [5.41, 5.74) is 2.95. The molecule has 0 radical (unpaired) electrons. The number of hydrogen-bond donors (Lipinski definition) is 2. The van der Waals surface area contributed by atoms with Crippen LogP contribution in [-0.4, -0.2) is 23.5 Å². The van der Waals surface area contributed by atoms with Crippen molar-refractivity contribution < 1.29 is 13.5 Å². The van der Waals surface area contributed by atoms with Crippen LogP contribution in [0.25, 0.3) is 0 Å². The summed E-state index contributed by atoms with van der Waals surface area (Å²) >= 11 is 6.10. The molecule has 1 aromatic heterocycles. The van der Waals surface area contributed by atoms with E-state index in [1.807, 2.05) is 0 Å². The number of nitrogens with one attached hydrogen (secondary N) is 1. The highest BCUT2D eigenvalue weighted by Gasteiger charge is 2.25. The summed E-state index contributed by atoms with van der Waals surface area (Å²) in [4.78, 5) is 0. The molecule has 21 heavy (non-hydrogen) atoms. The van der Waals surface area contributed by atoms with Crippen LogP contribution in [0.5, 0.6) is 0 Å². The topological polar surface area (TPSA) is 65.1 Å². The van der Waals surface area contributed by atoms with Gasteiger partial charge in [-0.2, -0.15) is 5.10 Å². The van der Waals surface area contributed by atoms with E-state index in [4.69, 9.17) is 22.2 Å². The third kappa shape index (κ3) is 3.21. The molecule has 0 aliphatic heterocycles. The molecule has 0 saturated heterocycles. The van der Waals surface area contributed by atoms with Gasteiger partial charge in [0.15, 0.2) is 11.6 Å². The number of nitrogens with two attached hydrogens (primary N) is 1. The van der Waals surface area contributed by atoms with Crippen molar-refractivity contribution in [2.75, 3.05) is 13.7 Å². The number of halogens is 3. The van der Waals surface area contributed by atoms with Crippen molar-refractivity contribution in [3.05, 3.63) is 52.3 Å². The largest absolute Gasteiger partial charge is 0.383 e. The number of aromatic nitrogens is 2. The quantitative estimate of drug-likeness (QED) is 0.632. The summed E-state index contributed by atoms with van der Waals surface area (Å²) in [6, 6.07) is 3.05. The third-order valence-corrected chi connectivity index (χ3v) is 3.36. The van der Waals surface area contributed by atoms with Crippen LogP contribution in [0.4, 0.5) is 8.78 Å². The molecule has 0 bridgehead atoms. The van der Waals surface area contributed by atoms with Crippen LogP contribution in [0.15, 0.2) is 24.4 Å². The van der Waals surface area contributed by atoms with Gasteiger partial charge >= 0.3 is 0 Å². The zero-order chi connectivity index (χ0) is 15.4. The second-order valence-electron chi connectivity index (χ2n) is 4.34. The molecule has 2 aromatic rings. The summed E-state index contributed by atoms with van der Waals surface area (Å²) in [6.45, 7) is 0.807. The van der Waals surface area contributed by atoms with Crippen LogP contribution in [0, 0.1) is 11.6 Å². The Bertz CT molecular complexity index is 620. The van der Waals surface area contributed by atoms with E-state index >= 15 is 0 Å². The van der Waals surface area contributed by atoms with Crippen molar-refractivity contribution in [1.82, 2.24) is 15.2 Å². The van der Waals surface area contributed by atoms with Crippen LogP contribution in [0.3, 0.4) is 0 Å². The van der Waals surface area contributed by atoms with Crippen molar-refractivity contribution >= 4 is 11.6 Å². The van der Waals surface area contributed by atoms with Crippen molar-refractivity contribution in [2.24, 2.45) is 5.84 Å². The fraction of sp³-hybridized carbons (Fsp3) is 0.308. The Hall–Kier alpha value is -1.54. The first-order valence-corrected chi connectivity index (χ1v) is 6.58. The maximum Gasteiger partial charge on any atom is 0.164 e. The number of hydrazine groups is 1. The highest BCUT2D eigenvalue weighted by molar-refractivity contribution is 6.31. The van der Waals surface area contributed by atoms with Crippen LogP contribution < -0.4 is 11.3 Å². The second kappa shape index (κ2) is 6.95. The number of methoxy groups -OCH3 is 1. The lowest BCUT2D eigenvalue weighted by Crippen LogP contribution is -2.32. The van der Waals surface area contributed by atoms with Gasteiger partial charge in [0.2, 0.25) is 0 Å². The molecular weight excluding hydrogens is 302 g/mol. The molecule has 1 unspecified atom stereocenters. The Kier molecular flexibility index (Phi) is 5.24. The standard InChI is InChI=1S/C13H15ClF2N4O/c1-21-6-5-20-13(9(14)7-18-20)12(19-17)8-3-2-4-10(15)11(8)16/h2-4,7,12,19H,5-6,17H2,1H3. The average molecular weight is 317 g/mol. The van der Waals surface area contributed by atoms with Gasteiger partial charge in [-0.3, -0.25) is 10.5 Å². The summed E-state index contributed by atoms with van der Waals surface area (Å²) in [5.74, 6) is 3.58. The van der Waals surface area contributed by atoms with Gasteiger partial charge in [0.25, 0.3) is 0 Å². The number of nitrogens with zero attached hydrogens (tertiary/aromatic N) is 2. The van der Waals surface area contributed by atoms with E-state index in [9.17, 15) is 8.78 Å². The zero-order valence-corrected chi connectivity index (χ0v) is 12.1. The summed E-state index contributed by atoms with van der Waals surface area (Å²) < 4.78 is 33.9. The van der Waals surface area contributed by atoms with E-state index in [2.05, 4.69) is 10.5 Å². The van der Waals surface area contributed by atoms with Gasteiger partial charge in [0.05, 0.1) is 36.1 Å². The monoisotopic (exact) mass is 316 g/mol. The predicted molar refractivity (Wildman–Crippen MR) is 74.6 cm³/mol. The Morgan fingerprint density at radius 3 is 2.90 bits per heavy atom. The molecule has 114 valence electrons. The van der Waals surface area contributed by atoms with Gasteiger partial charge in [-0.05, 0) is 6.07 Å². The smallest absolute Gasteiger partial charge is 0.164 e. The molecule has 5 nitrogen and oxygen atoms in total. The maximum absolute atomic E-state index is 14.0. The zero-order valence-electron chi connectivity index (χ0n) is 11.3. The fourth-order valence-corrected chi connectivity index (χ4v) is 2.32. The lowest BCUT2D eigenvalue weighted by Gasteiger charge is -2.19. The predicted octanol–water partition coefficient (Wildman–Crippen LogP) is 2.01. The van der Waals surface area contributed by atoms with E-state index < -0.39 is 17.7 Å². The van der Waals surface area contributed by atoms with E-state index in [0.717, 1.165) is 6.07 Å². The van der Waals surface area contributed by atoms with Crippen molar-refractivity contribution in [3.8, 4) is 0 Å². The van der Waals surface area contributed by atoms with Gasteiger partial charge < -0.3 is 4.74 Å². The first kappa shape index (κ1) is 15.8. The van der Waals surface area contributed by atoms with Gasteiger partial charge in [0.1, 0.15) is 0 Å². The van der Waals surface area contributed by atoms with Crippen LogP contribution in [0.2, 0.25) is 5.02 Å². The molecule has 1 heterocycles. The molecule has 0 amide bonds. The molecule has 8 heteroatoms. The molecule has 1 atom stereocenters. The lowest BCUT2D eigenvalue weighted by atomic mass is 10.0. The second-order valence-corrected chi connectivity index (χ2v) is 4.74. The van der Waals surface area contributed by atoms with Crippen molar-refractivity contribution in [2.45, 2.75) is 12.6 Å². The Balaban J connectivity index is 2.46. The third-order valence-electron chi connectivity index (χ3n) is 3.07. The normalized spacial score (nSPS) is 12.6. The summed E-state index contributed by atoms with van der Waals surface area (Å²) in [7, 11) is 1.55. The molecule has 0 saturated carbocycles. The van der Waals surface area contributed by atoms with Gasteiger partial charge in [-0.25, -0.2) is 14.2 Å². The highest BCUT2D eigenvalue weighted by atomic mass is 35.5. The van der Waals surface area contributed by atoms with E-state index in [-0.39, 0.29) is 5.56 Å².